The molecule has 176 valence electrons. The number of halogens is 1. The number of aryl methyl sites for hydroxylation is 1. The largest absolute Gasteiger partial charge is 0.492 e. The molecule has 0 radical (unpaired) electrons. The maximum absolute atomic E-state index is 10.4. The Hall–Kier alpha value is -2.84. The summed E-state index contributed by atoms with van der Waals surface area (Å²) >= 11 is 5.96. The lowest BCUT2D eigenvalue weighted by Crippen LogP contribution is -2.45. The van der Waals surface area contributed by atoms with Crippen molar-refractivity contribution in [1.82, 2.24) is 9.88 Å². The van der Waals surface area contributed by atoms with Crippen LogP contribution in [0.25, 0.3) is 11.1 Å². The molecule has 0 atom stereocenters. The van der Waals surface area contributed by atoms with Crippen molar-refractivity contribution in [2.75, 3.05) is 26.2 Å². The summed E-state index contributed by atoms with van der Waals surface area (Å²) in [5.74, 6) is 7.23. The van der Waals surface area contributed by atoms with E-state index in [1.165, 1.54) is 0 Å². The fourth-order valence-electron chi connectivity index (χ4n) is 4.14. The third kappa shape index (κ3) is 6.39. The highest BCUT2D eigenvalue weighted by molar-refractivity contribution is 6.30. The summed E-state index contributed by atoms with van der Waals surface area (Å²) in [5, 5.41) is 11.1. The molecule has 0 spiro atoms. The van der Waals surface area contributed by atoms with E-state index in [0.29, 0.717) is 6.61 Å². The zero-order chi connectivity index (χ0) is 24.0. The molecule has 1 aromatic heterocycles. The van der Waals surface area contributed by atoms with Crippen LogP contribution >= 0.6 is 11.6 Å². The Morgan fingerprint density at radius 3 is 2.41 bits per heavy atom. The Bertz CT molecular complexity index is 1160. The zero-order valence-electron chi connectivity index (χ0n) is 19.9. The molecule has 0 saturated carbocycles. The van der Waals surface area contributed by atoms with Crippen LogP contribution in [-0.4, -0.2) is 46.8 Å². The number of nitrogens with zero attached hydrogens (tertiary/aromatic N) is 2. The quantitative estimate of drug-likeness (QED) is 0.464. The van der Waals surface area contributed by atoms with E-state index in [9.17, 15) is 5.11 Å². The van der Waals surface area contributed by atoms with Crippen LogP contribution in [0.15, 0.2) is 60.8 Å². The van der Waals surface area contributed by atoms with Gasteiger partial charge in [0, 0.05) is 42.0 Å². The molecule has 34 heavy (non-hydrogen) atoms. The standard InChI is InChI=1S/C29H31ClN2O2/c1-3-29(33)14-16-32(17-15-29)18-19-34-28-13-5-23(20-22(28)2)4-11-27-12-8-25(21-31-27)24-6-9-26(30)10-7-24/h5-10,12-13,20-21,33H,3,14-19H2,1-2H3. The van der Waals surface area contributed by atoms with Gasteiger partial charge in [-0.1, -0.05) is 42.6 Å². The van der Waals surface area contributed by atoms with Crippen molar-refractivity contribution >= 4 is 11.6 Å². The summed E-state index contributed by atoms with van der Waals surface area (Å²) in [6, 6.07) is 17.7. The first kappa shape index (κ1) is 24.3. The summed E-state index contributed by atoms with van der Waals surface area (Å²) in [5.41, 5.74) is 4.36. The molecule has 0 unspecified atom stereocenters. The molecule has 1 N–H and O–H groups in total. The summed E-state index contributed by atoms with van der Waals surface area (Å²) in [6.07, 6.45) is 4.35. The highest BCUT2D eigenvalue weighted by atomic mass is 35.5. The lowest BCUT2D eigenvalue weighted by Gasteiger charge is -2.37. The van der Waals surface area contributed by atoms with Gasteiger partial charge in [0.05, 0.1) is 5.60 Å². The van der Waals surface area contributed by atoms with Crippen LogP contribution in [0.5, 0.6) is 5.75 Å². The van der Waals surface area contributed by atoms with E-state index >= 15 is 0 Å². The van der Waals surface area contributed by atoms with E-state index in [2.05, 4.69) is 28.6 Å². The predicted octanol–water partition coefficient (Wildman–Crippen LogP) is 5.73. The summed E-state index contributed by atoms with van der Waals surface area (Å²) in [6.45, 7) is 7.47. The molecule has 1 fully saturated rings. The average Bonchev–Trinajstić information content (AvgIpc) is 2.86. The van der Waals surface area contributed by atoms with Gasteiger partial charge < -0.3 is 9.84 Å². The van der Waals surface area contributed by atoms with Crippen LogP contribution in [-0.2, 0) is 0 Å². The highest BCUT2D eigenvalue weighted by Gasteiger charge is 2.30. The first-order valence-corrected chi connectivity index (χ1v) is 12.2. The van der Waals surface area contributed by atoms with Crippen LogP contribution in [0.1, 0.15) is 43.0 Å². The fraction of sp³-hybridized carbons (Fsp3) is 0.345. The molecular formula is C29H31ClN2O2. The first-order chi connectivity index (χ1) is 16.4. The van der Waals surface area contributed by atoms with E-state index in [4.69, 9.17) is 16.3 Å². The number of likely N-dealkylation sites (tertiary alicyclic amines) is 1. The second kappa shape index (κ2) is 11.1. The molecular weight excluding hydrogens is 444 g/mol. The number of aliphatic hydroxyl groups is 1. The van der Waals surface area contributed by atoms with Crippen LogP contribution in [0.4, 0.5) is 0 Å². The number of hydrogen-bond acceptors (Lipinski definition) is 4. The van der Waals surface area contributed by atoms with E-state index < -0.39 is 5.60 Å². The van der Waals surface area contributed by atoms with Crippen molar-refractivity contribution < 1.29 is 9.84 Å². The van der Waals surface area contributed by atoms with Crippen LogP contribution in [0.3, 0.4) is 0 Å². The van der Waals surface area contributed by atoms with E-state index in [1.807, 2.05) is 67.7 Å². The molecule has 2 heterocycles. The maximum Gasteiger partial charge on any atom is 0.122 e. The van der Waals surface area contributed by atoms with Crippen molar-refractivity contribution in [1.29, 1.82) is 0 Å². The number of hydrogen-bond donors (Lipinski definition) is 1. The SMILES string of the molecule is CCC1(O)CCN(CCOc2ccc(C#Cc3ccc(-c4ccc(Cl)cc4)cn3)cc2C)CC1. The van der Waals surface area contributed by atoms with Gasteiger partial charge in [-0.2, -0.15) is 0 Å². The fourth-order valence-corrected chi connectivity index (χ4v) is 4.26. The Morgan fingerprint density at radius 1 is 1.03 bits per heavy atom. The van der Waals surface area contributed by atoms with E-state index in [1.54, 1.807) is 0 Å². The van der Waals surface area contributed by atoms with Gasteiger partial charge in [-0.25, -0.2) is 4.98 Å². The third-order valence-corrected chi connectivity index (χ3v) is 6.81. The Balaban J connectivity index is 1.30. The Morgan fingerprint density at radius 2 is 1.76 bits per heavy atom. The van der Waals surface area contributed by atoms with Crippen molar-refractivity contribution in [2.24, 2.45) is 0 Å². The lowest BCUT2D eigenvalue weighted by molar-refractivity contribution is -0.0257. The Labute approximate surface area is 207 Å². The van der Waals surface area contributed by atoms with E-state index in [-0.39, 0.29) is 0 Å². The number of pyridine rings is 1. The van der Waals surface area contributed by atoms with Crippen molar-refractivity contribution in [2.45, 2.75) is 38.7 Å². The first-order valence-electron chi connectivity index (χ1n) is 11.9. The molecule has 4 rings (SSSR count). The molecule has 1 saturated heterocycles. The molecule has 0 amide bonds. The molecule has 5 heteroatoms. The molecule has 0 bridgehead atoms. The van der Waals surface area contributed by atoms with Crippen LogP contribution < -0.4 is 4.74 Å². The normalized spacial score (nSPS) is 15.4. The smallest absolute Gasteiger partial charge is 0.122 e. The summed E-state index contributed by atoms with van der Waals surface area (Å²) in [7, 11) is 0. The molecule has 0 aliphatic carbocycles. The maximum atomic E-state index is 10.4. The minimum Gasteiger partial charge on any atom is -0.492 e. The highest BCUT2D eigenvalue weighted by Crippen LogP contribution is 2.25. The molecule has 4 nitrogen and oxygen atoms in total. The molecule has 1 aliphatic rings. The van der Waals surface area contributed by atoms with Crippen molar-refractivity contribution in [3.8, 4) is 28.7 Å². The lowest BCUT2D eigenvalue weighted by atomic mass is 9.89. The molecule has 3 aromatic rings. The molecule has 2 aromatic carbocycles. The monoisotopic (exact) mass is 474 g/mol. The van der Waals surface area contributed by atoms with Crippen molar-refractivity contribution in [3.05, 3.63) is 82.6 Å². The number of ether oxygens (including phenoxy) is 1. The van der Waals surface area contributed by atoms with Gasteiger partial charge in [0.2, 0.25) is 0 Å². The average molecular weight is 475 g/mol. The van der Waals surface area contributed by atoms with Gasteiger partial charge in [-0.3, -0.25) is 4.90 Å². The minimum atomic E-state index is -0.473. The van der Waals surface area contributed by atoms with Gasteiger partial charge in [0.1, 0.15) is 18.1 Å². The second-order valence-corrected chi connectivity index (χ2v) is 9.37. The van der Waals surface area contributed by atoms with Crippen molar-refractivity contribution in [3.63, 3.8) is 0 Å². The number of rotatable bonds is 6. The number of aromatic nitrogens is 1. The zero-order valence-corrected chi connectivity index (χ0v) is 20.6. The number of piperidine rings is 1. The third-order valence-electron chi connectivity index (χ3n) is 6.56. The molecule has 1 aliphatic heterocycles. The van der Waals surface area contributed by atoms with Crippen LogP contribution in [0, 0.1) is 18.8 Å². The second-order valence-electron chi connectivity index (χ2n) is 8.94. The van der Waals surface area contributed by atoms with Gasteiger partial charge in [-0.15, -0.1) is 0 Å². The Kier molecular flexibility index (Phi) is 7.90. The van der Waals surface area contributed by atoms with Gasteiger partial charge in [0.25, 0.3) is 0 Å². The van der Waals surface area contributed by atoms with Gasteiger partial charge in [0.15, 0.2) is 0 Å². The number of benzene rings is 2. The topological polar surface area (TPSA) is 45.6 Å². The predicted molar refractivity (Wildman–Crippen MR) is 138 cm³/mol. The summed E-state index contributed by atoms with van der Waals surface area (Å²) in [4.78, 5) is 6.85. The van der Waals surface area contributed by atoms with Crippen LogP contribution in [0.2, 0.25) is 5.02 Å². The van der Waals surface area contributed by atoms with Gasteiger partial charge >= 0.3 is 0 Å². The van der Waals surface area contributed by atoms with Gasteiger partial charge in [-0.05, 0) is 79.6 Å². The minimum absolute atomic E-state index is 0.473. The van der Waals surface area contributed by atoms with E-state index in [0.717, 1.165) is 77.6 Å². The summed E-state index contributed by atoms with van der Waals surface area (Å²) < 4.78 is 6.03.